The Kier molecular flexibility index (Phi) is 4.18. The number of thiazole rings is 1. The number of aliphatic hydroxyl groups excluding tert-OH is 1. The van der Waals surface area contributed by atoms with Gasteiger partial charge in [-0.2, -0.15) is 0 Å². The number of aliphatic hydroxyl groups is 1. The van der Waals surface area contributed by atoms with E-state index in [9.17, 15) is 14.7 Å². The van der Waals surface area contributed by atoms with E-state index < -0.39 is 23.6 Å². The highest BCUT2D eigenvalue weighted by Crippen LogP contribution is 2.33. The molecule has 3 rings (SSSR count). The van der Waals surface area contributed by atoms with E-state index in [1.54, 1.807) is 17.5 Å². The quantitative estimate of drug-likeness (QED) is 0.821. The Balaban J connectivity index is 1.81. The number of aromatic nitrogens is 1. The minimum absolute atomic E-state index is 0.0785. The van der Waals surface area contributed by atoms with Gasteiger partial charge >= 0.3 is 5.97 Å². The third-order valence-electron chi connectivity index (χ3n) is 3.96. The molecule has 122 valence electrons. The van der Waals surface area contributed by atoms with Crippen molar-refractivity contribution in [1.82, 2.24) is 4.98 Å². The van der Waals surface area contributed by atoms with E-state index in [2.05, 4.69) is 4.98 Å². The molecule has 8 heteroatoms. The van der Waals surface area contributed by atoms with Gasteiger partial charge in [-0.3, -0.25) is 4.79 Å². The number of nitrogens with two attached hydrogens (primary N) is 1. The van der Waals surface area contributed by atoms with E-state index in [1.807, 2.05) is 0 Å². The van der Waals surface area contributed by atoms with Crippen LogP contribution in [-0.2, 0) is 9.53 Å². The molecule has 0 spiro atoms. The minimum atomic E-state index is -1.67. The van der Waals surface area contributed by atoms with Gasteiger partial charge in [-0.05, 0) is 31.4 Å². The van der Waals surface area contributed by atoms with Gasteiger partial charge in [0.25, 0.3) is 5.91 Å². The van der Waals surface area contributed by atoms with Crippen LogP contribution in [0.25, 0.3) is 11.5 Å². The van der Waals surface area contributed by atoms with Crippen molar-refractivity contribution < 1.29 is 23.8 Å². The van der Waals surface area contributed by atoms with Gasteiger partial charge < -0.3 is 20.0 Å². The zero-order valence-corrected chi connectivity index (χ0v) is 13.0. The zero-order valence-electron chi connectivity index (χ0n) is 12.2. The fourth-order valence-electron chi connectivity index (χ4n) is 2.70. The van der Waals surface area contributed by atoms with Crippen LogP contribution in [0.2, 0.25) is 0 Å². The molecule has 7 nitrogen and oxygen atoms in total. The highest BCUT2D eigenvalue weighted by atomic mass is 32.1. The van der Waals surface area contributed by atoms with Crippen molar-refractivity contribution >= 4 is 23.2 Å². The summed E-state index contributed by atoms with van der Waals surface area (Å²) in [5.41, 5.74) is 4.22. The van der Waals surface area contributed by atoms with Crippen molar-refractivity contribution in [2.24, 2.45) is 5.73 Å². The van der Waals surface area contributed by atoms with E-state index in [4.69, 9.17) is 14.9 Å². The number of esters is 1. The van der Waals surface area contributed by atoms with Crippen LogP contribution in [0.1, 0.15) is 35.5 Å². The number of hydrogen-bond donors (Lipinski definition) is 2. The molecule has 2 aromatic rings. The molecule has 2 heterocycles. The largest absolute Gasteiger partial charge is 0.463 e. The first-order valence-electron chi connectivity index (χ1n) is 7.23. The maximum absolute atomic E-state index is 12.3. The summed E-state index contributed by atoms with van der Waals surface area (Å²) in [6.07, 6.45) is 2.41. The van der Waals surface area contributed by atoms with Crippen molar-refractivity contribution in [3.63, 3.8) is 0 Å². The smallest absolute Gasteiger partial charge is 0.368 e. The van der Waals surface area contributed by atoms with Crippen molar-refractivity contribution in [1.29, 1.82) is 0 Å². The minimum Gasteiger partial charge on any atom is -0.463 e. The standard InChI is InChI=1S/C15H16N2O5S/c16-14(20)15(6-2-1-5-11(15)18)22-13(19)12-17-9(8-23-12)10-4-3-7-21-10/h3-4,7-8,11,18H,1-2,5-6H2,(H2,16,20). The number of carbonyl (C=O) groups is 2. The van der Waals surface area contributed by atoms with Gasteiger partial charge in [-0.15, -0.1) is 11.3 Å². The predicted octanol–water partition coefficient (Wildman–Crippen LogP) is 1.72. The zero-order chi connectivity index (χ0) is 16.4. The molecule has 1 saturated carbocycles. The van der Waals surface area contributed by atoms with Crippen LogP contribution in [0.15, 0.2) is 28.2 Å². The summed E-state index contributed by atoms with van der Waals surface area (Å²) in [7, 11) is 0. The Morgan fingerprint density at radius 3 is 2.96 bits per heavy atom. The Morgan fingerprint density at radius 2 is 2.30 bits per heavy atom. The summed E-state index contributed by atoms with van der Waals surface area (Å²) < 4.78 is 10.5. The van der Waals surface area contributed by atoms with Gasteiger partial charge in [0.05, 0.1) is 6.26 Å². The Labute approximate surface area is 136 Å². The number of primary amides is 1. The SMILES string of the molecule is NC(=O)C1(OC(=O)c2nc(-c3ccco3)cs2)CCCCC1O. The first-order valence-corrected chi connectivity index (χ1v) is 8.11. The maximum Gasteiger partial charge on any atom is 0.368 e. The average Bonchev–Trinajstić information content (AvgIpc) is 3.20. The summed E-state index contributed by atoms with van der Waals surface area (Å²) in [6.45, 7) is 0. The monoisotopic (exact) mass is 336 g/mol. The van der Waals surface area contributed by atoms with Crippen LogP contribution >= 0.6 is 11.3 Å². The molecule has 3 N–H and O–H groups in total. The van der Waals surface area contributed by atoms with Crippen LogP contribution in [-0.4, -0.2) is 33.7 Å². The third kappa shape index (κ3) is 2.87. The molecule has 2 atom stereocenters. The molecule has 0 aromatic carbocycles. The Morgan fingerprint density at radius 1 is 1.48 bits per heavy atom. The summed E-state index contributed by atoms with van der Waals surface area (Å²) in [5, 5.41) is 11.9. The van der Waals surface area contributed by atoms with E-state index in [0.29, 0.717) is 24.3 Å². The summed E-state index contributed by atoms with van der Waals surface area (Å²) >= 11 is 1.08. The van der Waals surface area contributed by atoms with E-state index in [-0.39, 0.29) is 11.4 Å². The highest BCUT2D eigenvalue weighted by molar-refractivity contribution is 7.11. The Bertz CT molecular complexity index is 711. The van der Waals surface area contributed by atoms with E-state index in [0.717, 1.165) is 17.8 Å². The van der Waals surface area contributed by atoms with Gasteiger partial charge in [-0.25, -0.2) is 9.78 Å². The summed E-state index contributed by atoms with van der Waals surface area (Å²) in [5.74, 6) is -1.07. The molecule has 1 fully saturated rings. The number of furan rings is 1. The van der Waals surface area contributed by atoms with Crippen molar-refractivity contribution in [3.8, 4) is 11.5 Å². The molecule has 23 heavy (non-hydrogen) atoms. The van der Waals surface area contributed by atoms with Gasteiger partial charge in [0.15, 0.2) is 5.76 Å². The lowest BCUT2D eigenvalue weighted by Crippen LogP contribution is -2.57. The lowest BCUT2D eigenvalue weighted by atomic mass is 9.81. The fourth-order valence-corrected chi connectivity index (χ4v) is 3.38. The number of nitrogens with zero attached hydrogens (tertiary/aromatic N) is 1. The molecular formula is C15H16N2O5S. The number of amides is 1. The normalized spacial score (nSPS) is 24.3. The second kappa shape index (κ2) is 6.13. The van der Waals surface area contributed by atoms with Crippen molar-refractivity contribution in [2.45, 2.75) is 37.4 Å². The maximum atomic E-state index is 12.3. The number of hydrogen-bond acceptors (Lipinski definition) is 7. The lowest BCUT2D eigenvalue weighted by molar-refractivity contribution is -0.157. The Hall–Kier alpha value is -2.19. The van der Waals surface area contributed by atoms with Gasteiger partial charge in [0, 0.05) is 5.38 Å². The molecule has 2 unspecified atom stereocenters. The van der Waals surface area contributed by atoms with Crippen LogP contribution in [0.4, 0.5) is 0 Å². The second-order valence-electron chi connectivity index (χ2n) is 5.42. The molecule has 0 radical (unpaired) electrons. The molecule has 2 aromatic heterocycles. The first kappa shape index (κ1) is 15.7. The molecule has 1 amide bonds. The predicted molar refractivity (Wildman–Crippen MR) is 81.6 cm³/mol. The molecule has 1 aliphatic carbocycles. The molecule has 0 saturated heterocycles. The molecular weight excluding hydrogens is 320 g/mol. The van der Waals surface area contributed by atoms with Gasteiger partial charge in [0.2, 0.25) is 10.6 Å². The summed E-state index contributed by atoms with van der Waals surface area (Å²) in [6, 6.07) is 3.44. The van der Waals surface area contributed by atoms with E-state index in [1.165, 1.54) is 6.26 Å². The number of carbonyl (C=O) groups excluding carboxylic acids is 2. The molecule has 1 aliphatic rings. The second-order valence-corrected chi connectivity index (χ2v) is 6.28. The van der Waals surface area contributed by atoms with Crippen LogP contribution in [0.3, 0.4) is 0 Å². The third-order valence-corrected chi connectivity index (χ3v) is 4.78. The van der Waals surface area contributed by atoms with Crippen LogP contribution < -0.4 is 5.73 Å². The fraction of sp³-hybridized carbons (Fsp3) is 0.400. The van der Waals surface area contributed by atoms with Gasteiger partial charge in [0.1, 0.15) is 11.8 Å². The van der Waals surface area contributed by atoms with Crippen molar-refractivity contribution in [3.05, 3.63) is 28.8 Å². The highest BCUT2D eigenvalue weighted by Gasteiger charge is 2.49. The average molecular weight is 336 g/mol. The number of rotatable bonds is 4. The topological polar surface area (TPSA) is 116 Å². The van der Waals surface area contributed by atoms with Gasteiger partial charge in [-0.1, -0.05) is 6.42 Å². The van der Waals surface area contributed by atoms with Crippen molar-refractivity contribution in [2.75, 3.05) is 0 Å². The van der Waals surface area contributed by atoms with Crippen LogP contribution in [0.5, 0.6) is 0 Å². The van der Waals surface area contributed by atoms with Crippen LogP contribution in [0, 0.1) is 0 Å². The molecule has 0 bridgehead atoms. The lowest BCUT2D eigenvalue weighted by Gasteiger charge is -2.37. The summed E-state index contributed by atoms with van der Waals surface area (Å²) in [4.78, 5) is 28.3. The molecule has 0 aliphatic heterocycles. The van der Waals surface area contributed by atoms with E-state index >= 15 is 0 Å². The first-order chi connectivity index (χ1) is 11.0. The number of ether oxygens (including phenoxy) is 1.